The Bertz CT molecular complexity index is 452. The number of nitrogens with one attached hydrogen (secondary N) is 2. The minimum atomic E-state index is -0.325. The van der Waals surface area contributed by atoms with Crippen LogP contribution in [-0.4, -0.2) is 23.5 Å². The average Bonchev–Trinajstić information content (AvgIpc) is 2.29. The molecule has 2 rings (SSSR count). The molecule has 1 aliphatic heterocycles. The molecular weight excluding hydrogens is 263 g/mol. The van der Waals surface area contributed by atoms with Crippen molar-refractivity contribution in [2.75, 3.05) is 17.6 Å². The molecule has 2 heterocycles. The van der Waals surface area contributed by atoms with Gasteiger partial charge in [-0.25, -0.2) is 4.98 Å². The number of rotatable bonds is 2. The molecule has 0 bridgehead atoms. The van der Waals surface area contributed by atoms with Crippen molar-refractivity contribution in [3.05, 3.63) is 16.1 Å². The number of pyridine rings is 1. The Morgan fingerprint density at radius 1 is 1.47 bits per heavy atom. The maximum absolute atomic E-state index is 11.6. The van der Waals surface area contributed by atoms with Gasteiger partial charge in [-0.2, -0.15) is 0 Å². The second-order valence-electron chi connectivity index (χ2n) is 3.82. The number of hydrogen-bond acceptors (Lipinski definition) is 4. The Labute approximate surface area is 109 Å². The molecule has 1 atom stereocenters. The molecule has 1 aromatic rings. The highest BCUT2D eigenvalue weighted by Crippen LogP contribution is 2.28. The van der Waals surface area contributed by atoms with Crippen LogP contribution in [0.2, 0.25) is 10.0 Å². The molecule has 1 aromatic heterocycles. The first-order chi connectivity index (χ1) is 8.08. The molecule has 0 radical (unpaired) electrons. The van der Waals surface area contributed by atoms with E-state index in [4.69, 9.17) is 28.9 Å². The van der Waals surface area contributed by atoms with Crippen molar-refractivity contribution in [2.24, 2.45) is 0 Å². The van der Waals surface area contributed by atoms with Crippen LogP contribution < -0.4 is 16.4 Å². The van der Waals surface area contributed by atoms with Crippen molar-refractivity contribution in [2.45, 2.75) is 18.9 Å². The number of aromatic nitrogens is 1. The number of nitrogens with two attached hydrogens (primary N) is 1. The lowest BCUT2D eigenvalue weighted by Crippen LogP contribution is -2.44. The normalized spacial score (nSPS) is 19.9. The molecule has 0 saturated carbocycles. The van der Waals surface area contributed by atoms with Gasteiger partial charge < -0.3 is 16.4 Å². The lowest BCUT2D eigenvalue weighted by Gasteiger charge is -2.23. The number of amides is 1. The molecule has 1 aliphatic rings. The van der Waals surface area contributed by atoms with Crippen LogP contribution in [0, 0.1) is 0 Å². The van der Waals surface area contributed by atoms with Crippen LogP contribution in [-0.2, 0) is 4.79 Å². The Kier molecular flexibility index (Phi) is 3.59. The Morgan fingerprint density at radius 3 is 2.94 bits per heavy atom. The Morgan fingerprint density at radius 2 is 2.24 bits per heavy atom. The quantitative estimate of drug-likeness (QED) is 0.766. The summed E-state index contributed by atoms with van der Waals surface area (Å²) >= 11 is 11.8. The van der Waals surface area contributed by atoms with E-state index in [1.54, 1.807) is 0 Å². The summed E-state index contributed by atoms with van der Waals surface area (Å²) < 4.78 is 0. The number of piperidine rings is 1. The fourth-order valence-corrected chi connectivity index (χ4v) is 2.07. The molecule has 1 saturated heterocycles. The maximum atomic E-state index is 11.6. The molecule has 17 heavy (non-hydrogen) atoms. The molecule has 1 fully saturated rings. The molecular formula is C10H12Cl2N4O. The highest BCUT2D eigenvalue weighted by molar-refractivity contribution is 6.37. The maximum Gasteiger partial charge on any atom is 0.242 e. The third kappa shape index (κ3) is 2.73. The van der Waals surface area contributed by atoms with E-state index in [0.717, 1.165) is 12.8 Å². The molecule has 0 spiro atoms. The van der Waals surface area contributed by atoms with E-state index in [-0.39, 0.29) is 17.8 Å². The van der Waals surface area contributed by atoms with Crippen molar-refractivity contribution in [1.29, 1.82) is 0 Å². The van der Waals surface area contributed by atoms with E-state index in [2.05, 4.69) is 15.6 Å². The van der Waals surface area contributed by atoms with Gasteiger partial charge in [0, 0.05) is 6.54 Å². The summed E-state index contributed by atoms with van der Waals surface area (Å²) in [4.78, 5) is 15.6. The summed E-state index contributed by atoms with van der Waals surface area (Å²) in [6.07, 6.45) is 1.66. The van der Waals surface area contributed by atoms with Crippen molar-refractivity contribution in [1.82, 2.24) is 10.3 Å². The topological polar surface area (TPSA) is 80.0 Å². The molecule has 4 N–H and O–H groups in total. The number of carbonyl (C=O) groups excluding carboxylic acids is 1. The molecule has 1 unspecified atom stereocenters. The Hall–Kier alpha value is -1.20. The second-order valence-corrected chi connectivity index (χ2v) is 4.63. The van der Waals surface area contributed by atoms with Crippen molar-refractivity contribution < 1.29 is 4.79 Å². The van der Waals surface area contributed by atoms with Crippen LogP contribution in [0.4, 0.5) is 11.6 Å². The Balaban J connectivity index is 2.17. The van der Waals surface area contributed by atoms with Gasteiger partial charge in [-0.3, -0.25) is 4.79 Å². The van der Waals surface area contributed by atoms with Gasteiger partial charge in [0.05, 0.1) is 10.0 Å². The van der Waals surface area contributed by atoms with E-state index in [1.807, 2.05) is 0 Å². The fourth-order valence-electron chi connectivity index (χ4n) is 1.66. The van der Waals surface area contributed by atoms with E-state index in [0.29, 0.717) is 22.4 Å². The third-order valence-electron chi connectivity index (χ3n) is 2.55. The average molecular weight is 275 g/mol. The molecule has 5 nitrogen and oxygen atoms in total. The predicted molar refractivity (Wildman–Crippen MR) is 68.3 cm³/mol. The van der Waals surface area contributed by atoms with E-state index >= 15 is 0 Å². The first-order valence-corrected chi connectivity index (χ1v) is 5.99. The van der Waals surface area contributed by atoms with Crippen molar-refractivity contribution in [3.8, 4) is 0 Å². The predicted octanol–water partition coefficient (Wildman–Crippen LogP) is 1.66. The van der Waals surface area contributed by atoms with Crippen LogP contribution in [0.25, 0.3) is 0 Å². The SMILES string of the molecule is Nc1nc(NC2CCCNC2=O)c(Cl)cc1Cl. The van der Waals surface area contributed by atoms with Gasteiger partial charge in [0.1, 0.15) is 17.7 Å². The first-order valence-electron chi connectivity index (χ1n) is 5.23. The van der Waals surface area contributed by atoms with Gasteiger partial charge in [-0.05, 0) is 18.9 Å². The minimum absolute atomic E-state index is 0.0531. The van der Waals surface area contributed by atoms with Gasteiger partial charge in [0.15, 0.2) is 0 Å². The van der Waals surface area contributed by atoms with Crippen LogP contribution in [0.15, 0.2) is 6.07 Å². The largest absolute Gasteiger partial charge is 0.382 e. The molecule has 1 amide bonds. The summed E-state index contributed by atoms with van der Waals surface area (Å²) in [6, 6.07) is 1.18. The lowest BCUT2D eigenvalue weighted by atomic mass is 10.1. The number of halogens is 2. The molecule has 7 heteroatoms. The molecule has 0 aliphatic carbocycles. The van der Waals surface area contributed by atoms with Crippen molar-refractivity contribution in [3.63, 3.8) is 0 Å². The number of anilines is 2. The van der Waals surface area contributed by atoms with Crippen LogP contribution in [0.5, 0.6) is 0 Å². The third-order valence-corrected chi connectivity index (χ3v) is 3.14. The summed E-state index contributed by atoms with van der Waals surface area (Å²) in [5.41, 5.74) is 5.59. The summed E-state index contributed by atoms with van der Waals surface area (Å²) in [7, 11) is 0. The van der Waals surface area contributed by atoms with Crippen LogP contribution in [0.3, 0.4) is 0 Å². The fraction of sp³-hybridized carbons (Fsp3) is 0.400. The van der Waals surface area contributed by atoms with Gasteiger partial charge >= 0.3 is 0 Å². The number of hydrogen-bond donors (Lipinski definition) is 3. The summed E-state index contributed by atoms with van der Waals surface area (Å²) in [5, 5.41) is 6.39. The minimum Gasteiger partial charge on any atom is -0.382 e. The summed E-state index contributed by atoms with van der Waals surface area (Å²) in [5.74, 6) is 0.521. The summed E-state index contributed by atoms with van der Waals surface area (Å²) in [6.45, 7) is 0.709. The van der Waals surface area contributed by atoms with Crippen molar-refractivity contribution >= 4 is 40.7 Å². The zero-order chi connectivity index (χ0) is 12.4. The lowest BCUT2D eigenvalue weighted by molar-refractivity contribution is -0.123. The van der Waals surface area contributed by atoms with Gasteiger partial charge in [0.25, 0.3) is 0 Å². The zero-order valence-electron chi connectivity index (χ0n) is 8.96. The smallest absolute Gasteiger partial charge is 0.242 e. The van der Waals surface area contributed by atoms with Gasteiger partial charge in [0.2, 0.25) is 5.91 Å². The number of nitrogens with zero attached hydrogens (tertiary/aromatic N) is 1. The number of nitrogen functional groups attached to an aromatic ring is 1. The van der Waals surface area contributed by atoms with Gasteiger partial charge in [-0.15, -0.1) is 0 Å². The highest BCUT2D eigenvalue weighted by atomic mass is 35.5. The first kappa shape index (κ1) is 12.3. The zero-order valence-corrected chi connectivity index (χ0v) is 10.5. The van der Waals surface area contributed by atoms with Gasteiger partial charge in [-0.1, -0.05) is 23.2 Å². The molecule has 0 aromatic carbocycles. The van der Waals surface area contributed by atoms with E-state index in [1.165, 1.54) is 6.07 Å². The second kappa shape index (κ2) is 4.98. The van der Waals surface area contributed by atoms with Crippen LogP contribution in [0.1, 0.15) is 12.8 Å². The van der Waals surface area contributed by atoms with E-state index in [9.17, 15) is 4.79 Å². The highest BCUT2D eigenvalue weighted by Gasteiger charge is 2.23. The standard InChI is InChI=1S/C10H12Cl2N4O/c11-5-4-6(12)9(16-8(5)13)15-7-2-1-3-14-10(7)17/h4,7H,1-3H2,(H,14,17)(H3,13,15,16). The molecule has 92 valence electrons. The number of carbonyl (C=O) groups is 1. The monoisotopic (exact) mass is 274 g/mol. The van der Waals surface area contributed by atoms with Crippen LogP contribution >= 0.6 is 23.2 Å². The van der Waals surface area contributed by atoms with E-state index < -0.39 is 0 Å².